The smallest absolute Gasteiger partial charge is 0.133 e. The number of aliphatic hydroxyl groups excluding tert-OH is 1. The van der Waals surface area contributed by atoms with Gasteiger partial charge in [0.25, 0.3) is 0 Å². The SMILES string of the molecule is CC(=O)[C@H]1[C@H](C)CC2C3CC(C)=C4C[C@@H](O)CC[C@]4(C)C3CC[C@@]21C. The second-order valence-electron chi connectivity index (χ2n) is 10.5. The van der Waals surface area contributed by atoms with Crippen molar-refractivity contribution < 1.29 is 9.90 Å². The molecule has 2 heteroatoms. The number of Topliss-reactive ketones (excluding diaryl/α,β-unsaturated/α-hetero) is 1. The molecular formula is C23H36O2. The molecule has 2 nitrogen and oxygen atoms in total. The molecule has 4 rings (SSSR count). The quantitative estimate of drug-likeness (QED) is 0.668. The molecule has 0 radical (unpaired) electrons. The van der Waals surface area contributed by atoms with E-state index in [0.29, 0.717) is 23.0 Å². The summed E-state index contributed by atoms with van der Waals surface area (Å²) < 4.78 is 0. The predicted molar refractivity (Wildman–Crippen MR) is 101 cm³/mol. The lowest BCUT2D eigenvalue weighted by atomic mass is 9.46. The van der Waals surface area contributed by atoms with E-state index >= 15 is 0 Å². The van der Waals surface area contributed by atoms with Crippen molar-refractivity contribution in [3.8, 4) is 0 Å². The van der Waals surface area contributed by atoms with Crippen molar-refractivity contribution >= 4 is 5.78 Å². The minimum Gasteiger partial charge on any atom is -0.393 e. The summed E-state index contributed by atoms with van der Waals surface area (Å²) in [6.07, 6.45) is 7.83. The lowest BCUT2D eigenvalue weighted by Gasteiger charge is -2.58. The van der Waals surface area contributed by atoms with Crippen LogP contribution in [0.25, 0.3) is 0 Å². The van der Waals surface area contributed by atoms with Crippen molar-refractivity contribution in [2.75, 3.05) is 0 Å². The van der Waals surface area contributed by atoms with Crippen LogP contribution < -0.4 is 0 Å². The first-order valence-corrected chi connectivity index (χ1v) is 10.6. The van der Waals surface area contributed by atoms with Gasteiger partial charge in [0, 0.05) is 5.92 Å². The lowest BCUT2D eigenvalue weighted by Crippen LogP contribution is -2.51. The molecule has 0 spiro atoms. The summed E-state index contributed by atoms with van der Waals surface area (Å²) in [5.41, 5.74) is 3.66. The first-order chi connectivity index (χ1) is 11.7. The monoisotopic (exact) mass is 344 g/mol. The van der Waals surface area contributed by atoms with Gasteiger partial charge < -0.3 is 5.11 Å². The van der Waals surface area contributed by atoms with Crippen LogP contribution in [0.4, 0.5) is 0 Å². The fraction of sp³-hybridized carbons (Fsp3) is 0.870. The van der Waals surface area contributed by atoms with Gasteiger partial charge >= 0.3 is 0 Å². The third-order valence-corrected chi connectivity index (χ3v) is 9.22. The van der Waals surface area contributed by atoms with Gasteiger partial charge in [0.1, 0.15) is 5.78 Å². The second-order valence-corrected chi connectivity index (χ2v) is 10.5. The van der Waals surface area contributed by atoms with Gasteiger partial charge in [0.2, 0.25) is 0 Å². The zero-order chi connectivity index (χ0) is 18.1. The molecule has 3 saturated carbocycles. The number of ketones is 1. The maximum Gasteiger partial charge on any atom is 0.133 e. The van der Waals surface area contributed by atoms with Crippen LogP contribution in [-0.2, 0) is 4.79 Å². The van der Waals surface area contributed by atoms with Gasteiger partial charge in [0.05, 0.1) is 6.10 Å². The van der Waals surface area contributed by atoms with Crippen LogP contribution in [0.1, 0.15) is 79.6 Å². The van der Waals surface area contributed by atoms with Crippen molar-refractivity contribution in [3.05, 3.63) is 11.1 Å². The van der Waals surface area contributed by atoms with E-state index in [2.05, 4.69) is 27.7 Å². The minimum atomic E-state index is -0.128. The fourth-order valence-electron chi connectivity index (χ4n) is 8.33. The van der Waals surface area contributed by atoms with Gasteiger partial charge in [-0.2, -0.15) is 0 Å². The average Bonchev–Trinajstić information content (AvgIpc) is 2.80. The van der Waals surface area contributed by atoms with E-state index in [9.17, 15) is 9.90 Å². The molecule has 4 aliphatic carbocycles. The molecule has 0 aromatic heterocycles. The van der Waals surface area contributed by atoms with E-state index in [1.807, 2.05) is 6.92 Å². The van der Waals surface area contributed by atoms with Crippen LogP contribution in [0.2, 0.25) is 0 Å². The average molecular weight is 345 g/mol. The Hall–Kier alpha value is -0.630. The molecule has 8 atom stereocenters. The highest BCUT2D eigenvalue weighted by Gasteiger charge is 2.61. The molecule has 0 heterocycles. The molecule has 140 valence electrons. The Morgan fingerprint density at radius 3 is 2.52 bits per heavy atom. The Bertz CT molecular complexity index is 620. The van der Waals surface area contributed by atoms with Crippen molar-refractivity contribution in [3.63, 3.8) is 0 Å². The highest BCUT2D eigenvalue weighted by molar-refractivity contribution is 5.80. The third kappa shape index (κ3) is 2.35. The van der Waals surface area contributed by atoms with Gasteiger partial charge in [-0.1, -0.05) is 31.9 Å². The lowest BCUT2D eigenvalue weighted by molar-refractivity contribution is -0.128. The molecule has 0 aromatic carbocycles. The molecule has 0 aromatic rings. The summed E-state index contributed by atoms with van der Waals surface area (Å²) in [5, 5.41) is 10.2. The van der Waals surface area contributed by atoms with Gasteiger partial charge in [-0.25, -0.2) is 0 Å². The van der Waals surface area contributed by atoms with E-state index in [4.69, 9.17) is 0 Å². The largest absolute Gasteiger partial charge is 0.393 e. The van der Waals surface area contributed by atoms with Crippen LogP contribution in [0.15, 0.2) is 11.1 Å². The van der Waals surface area contributed by atoms with E-state index < -0.39 is 0 Å². The third-order valence-electron chi connectivity index (χ3n) is 9.22. The van der Waals surface area contributed by atoms with Gasteiger partial charge in [-0.05, 0) is 93.3 Å². The topological polar surface area (TPSA) is 37.3 Å². The fourth-order valence-corrected chi connectivity index (χ4v) is 8.33. The minimum absolute atomic E-state index is 0.128. The van der Waals surface area contributed by atoms with Gasteiger partial charge in [-0.3, -0.25) is 4.79 Å². The predicted octanol–water partition coefficient (Wildman–Crippen LogP) is 5.15. The zero-order valence-corrected chi connectivity index (χ0v) is 16.8. The number of carbonyl (C=O) groups excluding carboxylic acids is 1. The maximum absolute atomic E-state index is 12.4. The van der Waals surface area contributed by atoms with Crippen LogP contribution in [0.5, 0.6) is 0 Å². The summed E-state index contributed by atoms with van der Waals surface area (Å²) in [6.45, 7) is 11.4. The molecule has 1 N–H and O–H groups in total. The van der Waals surface area contributed by atoms with E-state index in [-0.39, 0.29) is 17.4 Å². The number of hydrogen-bond donors (Lipinski definition) is 1. The van der Waals surface area contributed by atoms with Crippen LogP contribution in [-0.4, -0.2) is 17.0 Å². The second kappa shape index (κ2) is 5.68. The van der Waals surface area contributed by atoms with Crippen molar-refractivity contribution in [2.45, 2.75) is 85.7 Å². The Balaban J connectivity index is 1.73. The normalized spacial score (nSPS) is 52.4. The molecule has 0 saturated heterocycles. The number of allylic oxidation sites excluding steroid dienone is 1. The van der Waals surface area contributed by atoms with Crippen LogP contribution >= 0.6 is 0 Å². The number of hydrogen-bond acceptors (Lipinski definition) is 2. The number of rotatable bonds is 1. The number of fused-ring (bicyclic) bond motifs is 5. The Labute approximate surface area is 153 Å². The Morgan fingerprint density at radius 2 is 1.84 bits per heavy atom. The summed E-state index contributed by atoms with van der Waals surface area (Å²) in [7, 11) is 0. The summed E-state index contributed by atoms with van der Waals surface area (Å²) >= 11 is 0. The van der Waals surface area contributed by atoms with Crippen LogP contribution in [0, 0.1) is 40.4 Å². The molecule has 0 amide bonds. The number of carbonyl (C=O) groups is 1. The molecule has 25 heavy (non-hydrogen) atoms. The van der Waals surface area contributed by atoms with Crippen molar-refractivity contribution in [1.82, 2.24) is 0 Å². The first-order valence-electron chi connectivity index (χ1n) is 10.6. The molecule has 4 aliphatic rings. The highest BCUT2D eigenvalue weighted by atomic mass is 16.3. The highest BCUT2D eigenvalue weighted by Crippen LogP contribution is 2.68. The maximum atomic E-state index is 12.4. The number of aliphatic hydroxyl groups is 1. The molecular weight excluding hydrogens is 308 g/mol. The van der Waals surface area contributed by atoms with Crippen LogP contribution in [0.3, 0.4) is 0 Å². The van der Waals surface area contributed by atoms with E-state index in [1.54, 1.807) is 11.1 Å². The Kier molecular flexibility index (Phi) is 4.04. The van der Waals surface area contributed by atoms with Gasteiger partial charge in [-0.15, -0.1) is 0 Å². The molecule has 0 aliphatic heterocycles. The summed E-state index contributed by atoms with van der Waals surface area (Å²) in [6, 6.07) is 0. The Morgan fingerprint density at radius 1 is 1.12 bits per heavy atom. The standard InChI is InChI=1S/C23H36O2/c1-13-10-17-18(22(4)8-6-16(25)12-19(13)22)7-9-23(5)20(17)11-14(2)21(23)15(3)24/h14,16-18,20-21,25H,6-12H2,1-5H3/t14-,16+,17?,18?,20?,21-,22-,23+/m1/s1. The van der Waals surface area contributed by atoms with Crippen molar-refractivity contribution in [1.29, 1.82) is 0 Å². The molecule has 0 bridgehead atoms. The van der Waals surface area contributed by atoms with Crippen molar-refractivity contribution in [2.24, 2.45) is 40.4 Å². The van der Waals surface area contributed by atoms with E-state index in [0.717, 1.165) is 31.1 Å². The molecule has 3 fully saturated rings. The first kappa shape index (κ1) is 17.8. The summed E-state index contributed by atoms with van der Waals surface area (Å²) in [5.74, 6) is 3.44. The van der Waals surface area contributed by atoms with Gasteiger partial charge in [0.15, 0.2) is 0 Å². The van der Waals surface area contributed by atoms with E-state index in [1.165, 1.54) is 25.7 Å². The summed E-state index contributed by atoms with van der Waals surface area (Å²) in [4.78, 5) is 12.4. The molecule has 3 unspecified atom stereocenters. The zero-order valence-electron chi connectivity index (χ0n) is 16.8.